The van der Waals surface area contributed by atoms with Crippen molar-refractivity contribution in [3.05, 3.63) is 82.9 Å². The zero-order valence-corrected chi connectivity index (χ0v) is 19.7. The predicted octanol–water partition coefficient (Wildman–Crippen LogP) is 4.38. The summed E-state index contributed by atoms with van der Waals surface area (Å²) in [7, 11) is 0. The Bertz CT molecular complexity index is 1610. The maximum Gasteiger partial charge on any atom is 0.343 e. The maximum absolute atomic E-state index is 12.8. The second-order valence-corrected chi connectivity index (χ2v) is 8.29. The number of carboxylic acids is 1. The number of carbonyl (C=O) groups is 2. The van der Waals surface area contributed by atoms with Gasteiger partial charge in [-0.3, -0.25) is 0 Å². The van der Waals surface area contributed by atoms with Crippen molar-refractivity contribution < 1.29 is 55.2 Å². The topological polar surface area (TPSA) is 205 Å². The number of rotatable bonds is 6. The van der Waals surface area contributed by atoms with Crippen LogP contribution in [0.15, 0.2) is 60.7 Å². The third-order valence-corrected chi connectivity index (χ3v) is 5.58. The summed E-state index contributed by atoms with van der Waals surface area (Å²) in [5.41, 5.74) is -0.285. The quantitative estimate of drug-likeness (QED) is 0.0757. The minimum atomic E-state index is -1.53. The van der Waals surface area contributed by atoms with Gasteiger partial charge in [-0.25, -0.2) is 9.59 Å². The lowest BCUT2D eigenvalue weighted by atomic mass is 9.95. The summed E-state index contributed by atoms with van der Waals surface area (Å²) in [5.74, 6) is -7.86. The molecule has 8 N–H and O–H groups in total. The molecular formula is C28H20O11. The molecule has 4 rings (SSSR count). The Kier molecular flexibility index (Phi) is 6.90. The number of hydrogen-bond acceptors (Lipinski definition) is 10. The number of phenolic OH excluding ortho intramolecular Hbond substituents is 7. The fraction of sp³-hybridized carbons (Fsp3) is 0. The molecule has 0 saturated carbocycles. The van der Waals surface area contributed by atoms with Crippen LogP contribution in [0.3, 0.4) is 0 Å². The molecule has 11 heteroatoms. The number of carboxylic acid groups (broad SMARTS) is 1. The van der Waals surface area contributed by atoms with Crippen molar-refractivity contribution in [2.24, 2.45) is 0 Å². The van der Waals surface area contributed by atoms with Gasteiger partial charge in [0, 0.05) is 5.56 Å². The number of hydrogen-bond donors (Lipinski definition) is 8. The van der Waals surface area contributed by atoms with E-state index in [0.717, 1.165) is 18.2 Å². The van der Waals surface area contributed by atoms with E-state index in [2.05, 4.69) is 0 Å². The molecule has 0 bridgehead atoms. The minimum Gasteiger partial charge on any atom is -0.508 e. The van der Waals surface area contributed by atoms with Gasteiger partial charge in [0.05, 0.1) is 11.1 Å². The number of phenols is 7. The van der Waals surface area contributed by atoms with Crippen LogP contribution >= 0.6 is 0 Å². The van der Waals surface area contributed by atoms with Gasteiger partial charge in [-0.05, 0) is 65.2 Å². The van der Waals surface area contributed by atoms with Gasteiger partial charge in [-0.2, -0.15) is 0 Å². The molecule has 0 saturated heterocycles. The van der Waals surface area contributed by atoms with Crippen LogP contribution in [0.4, 0.5) is 0 Å². The van der Waals surface area contributed by atoms with E-state index >= 15 is 0 Å². The van der Waals surface area contributed by atoms with Gasteiger partial charge in [0.2, 0.25) is 5.75 Å². The molecule has 0 heterocycles. The highest BCUT2D eigenvalue weighted by Gasteiger charge is 2.24. The summed E-state index contributed by atoms with van der Waals surface area (Å²) in [6.07, 6.45) is 3.19. The fourth-order valence-electron chi connectivity index (χ4n) is 3.69. The van der Waals surface area contributed by atoms with E-state index in [1.807, 2.05) is 0 Å². The number of carbonyl (C=O) groups excluding carboxylic acids is 1. The predicted molar refractivity (Wildman–Crippen MR) is 137 cm³/mol. The molecule has 0 aromatic heterocycles. The normalized spacial score (nSPS) is 11.0. The van der Waals surface area contributed by atoms with Crippen LogP contribution in [-0.4, -0.2) is 52.8 Å². The van der Waals surface area contributed by atoms with Crippen LogP contribution in [-0.2, 0) is 0 Å². The van der Waals surface area contributed by atoms with E-state index in [1.54, 1.807) is 24.3 Å². The molecule has 0 fully saturated rings. The molecule has 0 aliphatic heterocycles. The number of esters is 1. The Labute approximate surface area is 219 Å². The molecule has 0 unspecified atom stereocenters. The van der Waals surface area contributed by atoms with Crippen molar-refractivity contribution in [1.29, 1.82) is 0 Å². The van der Waals surface area contributed by atoms with Crippen molar-refractivity contribution in [3.63, 3.8) is 0 Å². The Hall–Kier alpha value is -5.84. The molecular weight excluding hydrogens is 512 g/mol. The standard InChI is InChI=1S/C28H20O11/c29-17-5-3-13(4-6-17)1-2-14-7-15(23-19(27(36)37)12-22(32)25(34)26(23)35)9-18(8-14)39-28(38)16-10-20(30)24(33)21(31)11-16/h1-12,29-35H,(H,36,37). The molecule has 0 amide bonds. The van der Waals surface area contributed by atoms with Crippen LogP contribution in [0.25, 0.3) is 23.3 Å². The molecule has 0 aliphatic carbocycles. The highest BCUT2D eigenvalue weighted by molar-refractivity contribution is 6.00. The number of aromatic hydroxyl groups is 7. The first-order valence-corrected chi connectivity index (χ1v) is 11.1. The molecule has 0 aliphatic rings. The lowest BCUT2D eigenvalue weighted by molar-refractivity contribution is 0.0694. The molecule has 0 radical (unpaired) electrons. The van der Waals surface area contributed by atoms with Crippen molar-refractivity contribution in [2.75, 3.05) is 0 Å². The van der Waals surface area contributed by atoms with E-state index in [4.69, 9.17) is 4.74 Å². The van der Waals surface area contributed by atoms with Gasteiger partial charge in [0.15, 0.2) is 28.7 Å². The third-order valence-electron chi connectivity index (χ3n) is 5.58. The van der Waals surface area contributed by atoms with Gasteiger partial charge >= 0.3 is 11.9 Å². The smallest absolute Gasteiger partial charge is 0.343 e. The van der Waals surface area contributed by atoms with Crippen molar-refractivity contribution >= 4 is 24.1 Å². The molecule has 0 spiro atoms. The Morgan fingerprint density at radius 2 is 1.23 bits per heavy atom. The van der Waals surface area contributed by atoms with Gasteiger partial charge < -0.3 is 45.6 Å². The van der Waals surface area contributed by atoms with E-state index in [-0.39, 0.29) is 28.2 Å². The average molecular weight is 532 g/mol. The monoisotopic (exact) mass is 532 g/mol. The first-order chi connectivity index (χ1) is 18.4. The van der Waals surface area contributed by atoms with Crippen LogP contribution < -0.4 is 4.74 Å². The first-order valence-electron chi connectivity index (χ1n) is 11.1. The molecule has 0 atom stereocenters. The number of ether oxygens (including phenoxy) is 1. The van der Waals surface area contributed by atoms with Crippen molar-refractivity contribution in [3.8, 4) is 57.1 Å². The summed E-state index contributed by atoms with van der Waals surface area (Å²) in [6.45, 7) is 0. The Morgan fingerprint density at radius 3 is 1.85 bits per heavy atom. The summed E-state index contributed by atoms with van der Waals surface area (Å²) in [6, 6.07) is 12.6. The second-order valence-electron chi connectivity index (χ2n) is 8.29. The minimum absolute atomic E-state index is 0.0211. The zero-order chi connectivity index (χ0) is 28.4. The average Bonchev–Trinajstić information content (AvgIpc) is 2.89. The van der Waals surface area contributed by atoms with E-state index in [1.165, 1.54) is 30.3 Å². The SMILES string of the molecule is O=C(Oc1cc(C=Cc2ccc(O)cc2)cc(-c2c(C(=O)O)cc(O)c(O)c2O)c1)c1cc(O)c(O)c(O)c1. The van der Waals surface area contributed by atoms with Gasteiger partial charge in [-0.1, -0.05) is 24.3 Å². The van der Waals surface area contributed by atoms with Crippen LogP contribution in [0.1, 0.15) is 31.8 Å². The molecule has 4 aromatic rings. The van der Waals surface area contributed by atoms with Crippen LogP contribution in [0.2, 0.25) is 0 Å². The third kappa shape index (κ3) is 5.47. The molecule has 4 aromatic carbocycles. The lowest BCUT2D eigenvalue weighted by Gasteiger charge is -2.14. The van der Waals surface area contributed by atoms with E-state index < -0.39 is 52.0 Å². The van der Waals surface area contributed by atoms with Gasteiger partial charge in [0.25, 0.3) is 0 Å². The summed E-state index contributed by atoms with van der Waals surface area (Å²) >= 11 is 0. The van der Waals surface area contributed by atoms with Crippen LogP contribution in [0.5, 0.6) is 46.0 Å². The highest BCUT2D eigenvalue weighted by Crippen LogP contribution is 2.46. The molecule has 11 nitrogen and oxygen atoms in total. The summed E-state index contributed by atoms with van der Waals surface area (Å²) < 4.78 is 5.36. The lowest BCUT2D eigenvalue weighted by Crippen LogP contribution is -2.09. The molecule has 39 heavy (non-hydrogen) atoms. The van der Waals surface area contributed by atoms with Crippen molar-refractivity contribution in [1.82, 2.24) is 0 Å². The largest absolute Gasteiger partial charge is 0.508 e. The maximum atomic E-state index is 12.8. The number of aromatic carboxylic acids is 1. The first kappa shape index (κ1) is 26.2. The van der Waals surface area contributed by atoms with Gasteiger partial charge in [0.1, 0.15) is 11.5 Å². The van der Waals surface area contributed by atoms with E-state index in [0.29, 0.717) is 11.1 Å². The second kappa shape index (κ2) is 10.3. The Morgan fingerprint density at radius 1 is 0.641 bits per heavy atom. The summed E-state index contributed by atoms with van der Waals surface area (Å²) in [5, 5.41) is 78.5. The Balaban J connectivity index is 1.85. The number of benzene rings is 4. The molecule has 198 valence electrons. The van der Waals surface area contributed by atoms with Crippen LogP contribution in [0, 0.1) is 0 Å². The highest BCUT2D eigenvalue weighted by atomic mass is 16.5. The van der Waals surface area contributed by atoms with Gasteiger partial charge in [-0.15, -0.1) is 0 Å². The van der Waals surface area contributed by atoms with E-state index in [9.17, 15) is 50.4 Å². The fourth-order valence-corrected chi connectivity index (χ4v) is 3.69. The zero-order valence-electron chi connectivity index (χ0n) is 19.7. The summed E-state index contributed by atoms with van der Waals surface area (Å²) in [4.78, 5) is 24.6. The van der Waals surface area contributed by atoms with Crippen molar-refractivity contribution in [2.45, 2.75) is 0 Å².